The van der Waals surface area contributed by atoms with Crippen molar-refractivity contribution in [3.8, 4) is 0 Å². The lowest BCUT2D eigenvalue weighted by Crippen LogP contribution is -2.47. The van der Waals surface area contributed by atoms with E-state index >= 15 is 0 Å². The summed E-state index contributed by atoms with van der Waals surface area (Å²) >= 11 is 0. The highest BCUT2D eigenvalue weighted by molar-refractivity contribution is 5.80. The number of nitrogens with one attached hydrogen (secondary N) is 2. The number of aliphatic imine (C=N–C) groups is 1. The summed E-state index contributed by atoms with van der Waals surface area (Å²) in [6.45, 7) is 12.9. The zero-order valence-electron chi connectivity index (χ0n) is 12.9. The Balaban J connectivity index is 2.42. The molecule has 0 saturated carbocycles. The van der Waals surface area contributed by atoms with Crippen LogP contribution in [0.2, 0.25) is 0 Å². The summed E-state index contributed by atoms with van der Waals surface area (Å²) in [5.74, 6) is 0.977. The van der Waals surface area contributed by atoms with Gasteiger partial charge in [0.2, 0.25) is 0 Å². The highest BCUT2D eigenvalue weighted by Gasteiger charge is 2.19. The lowest BCUT2D eigenvalue weighted by atomic mass is 10.1. The molecule has 0 unspecified atom stereocenters. The number of aliphatic hydroxyl groups is 1. The molecule has 1 aliphatic rings. The van der Waals surface area contributed by atoms with Crippen molar-refractivity contribution in [1.82, 2.24) is 15.5 Å². The van der Waals surface area contributed by atoms with Crippen LogP contribution in [0.5, 0.6) is 0 Å². The van der Waals surface area contributed by atoms with Crippen LogP contribution in [-0.2, 0) is 0 Å². The maximum atomic E-state index is 9.55. The third-order valence-electron chi connectivity index (χ3n) is 3.13. The fraction of sp³-hybridized carbons (Fsp3) is 0.929. The number of nitrogens with zero attached hydrogens (tertiary/aromatic N) is 2. The van der Waals surface area contributed by atoms with Gasteiger partial charge in [-0.2, -0.15) is 0 Å². The molecular formula is C14H30N4O. The van der Waals surface area contributed by atoms with Crippen molar-refractivity contribution in [3.05, 3.63) is 0 Å². The van der Waals surface area contributed by atoms with Crippen LogP contribution in [0.1, 0.15) is 40.5 Å². The van der Waals surface area contributed by atoms with Crippen molar-refractivity contribution < 1.29 is 5.11 Å². The summed E-state index contributed by atoms with van der Waals surface area (Å²) in [5.41, 5.74) is 0.142. The van der Waals surface area contributed by atoms with Crippen molar-refractivity contribution in [1.29, 1.82) is 0 Å². The Hall–Kier alpha value is -0.810. The lowest BCUT2D eigenvalue weighted by Gasteiger charge is -2.32. The second-order valence-corrected chi connectivity index (χ2v) is 6.13. The van der Waals surface area contributed by atoms with Gasteiger partial charge < -0.3 is 20.6 Å². The number of aliphatic hydroxyl groups excluding tert-OH is 1. The predicted molar refractivity (Wildman–Crippen MR) is 80.5 cm³/mol. The van der Waals surface area contributed by atoms with E-state index in [9.17, 15) is 5.11 Å². The van der Waals surface area contributed by atoms with Crippen LogP contribution in [0.15, 0.2) is 4.99 Å². The summed E-state index contributed by atoms with van der Waals surface area (Å²) < 4.78 is 0. The van der Waals surface area contributed by atoms with Crippen LogP contribution in [0.25, 0.3) is 0 Å². The molecule has 0 amide bonds. The van der Waals surface area contributed by atoms with Crippen molar-refractivity contribution in [2.24, 2.45) is 4.99 Å². The molecule has 0 atom stereocenters. The molecule has 0 spiro atoms. The van der Waals surface area contributed by atoms with Gasteiger partial charge in [-0.3, -0.25) is 4.99 Å². The molecule has 1 rings (SSSR count). The van der Waals surface area contributed by atoms with Gasteiger partial charge in [0.05, 0.1) is 12.6 Å². The summed E-state index contributed by atoms with van der Waals surface area (Å²) in [6.07, 6.45) is 1.54. The van der Waals surface area contributed by atoms with E-state index < -0.39 is 0 Å². The van der Waals surface area contributed by atoms with E-state index in [4.69, 9.17) is 0 Å². The highest BCUT2D eigenvalue weighted by Crippen LogP contribution is 2.09. The van der Waals surface area contributed by atoms with Crippen LogP contribution in [0.3, 0.4) is 0 Å². The summed E-state index contributed by atoms with van der Waals surface area (Å²) in [5, 5.41) is 16.3. The molecule has 1 fully saturated rings. The minimum atomic E-state index is -0.137. The Labute approximate surface area is 117 Å². The van der Waals surface area contributed by atoms with E-state index in [0.29, 0.717) is 0 Å². The number of rotatable bonds is 4. The number of piperidine rings is 1. The molecule has 112 valence electrons. The maximum Gasteiger partial charge on any atom is 0.193 e. The molecule has 0 aliphatic carbocycles. The number of hydrogen-bond acceptors (Lipinski definition) is 3. The minimum absolute atomic E-state index is 0.137. The molecule has 5 nitrogen and oxygen atoms in total. The lowest BCUT2D eigenvalue weighted by molar-refractivity contribution is 0.108. The van der Waals surface area contributed by atoms with Gasteiger partial charge in [-0.15, -0.1) is 0 Å². The van der Waals surface area contributed by atoms with Gasteiger partial charge in [0.15, 0.2) is 5.96 Å². The first-order valence-corrected chi connectivity index (χ1v) is 7.38. The van der Waals surface area contributed by atoms with E-state index in [1.54, 1.807) is 0 Å². The van der Waals surface area contributed by atoms with Crippen molar-refractivity contribution in [3.63, 3.8) is 0 Å². The Morgan fingerprint density at radius 2 is 1.95 bits per heavy atom. The topological polar surface area (TPSA) is 59.9 Å². The van der Waals surface area contributed by atoms with E-state index in [1.807, 2.05) is 0 Å². The summed E-state index contributed by atoms with van der Waals surface area (Å²) in [4.78, 5) is 6.90. The SMILES string of the molecule is CCNC(=NCCNC(C)(C)C)N1CCC(O)CC1. The molecule has 0 radical (unpaired) electrons. The minimum Gasteiger partial charge on any atom is -0.393 e. The molecule has 1 aliphatic heterocycles. The molecule has 5 heteroatoms. The Kier molecular flexibility index (Phi) is 6.58. The number of hydrogen-bond donors (Lipinski definition) is 3. The first kappa shape index (κ1) is 16.2. The molecular weight excluding hydrogens is 240 g/mol. The Morgan fingerprint density at radius 3 is 2.47 bits per heavy atom. The van der Waals surface area contributed by atoms with Crippen molar-refractivity contribution in [2.45, 2.75) is 52.2 Å². The van der Waals surface area contributed by atoms with Crippen molar-refractivity contribution in [2.75, 3.05) is 32.7 Å². The fourth-order valence-electron chi connectivity index (χ4n) is 2.10. The van der Waals surface area contributed by atoms with Crippen LogP contribution in [-0.4, -0.2) is 60.3 Å². The second-order valence-electron chi connectivity index (χ2n) is 6.13. The van der Waals surface area contributed by atoms with E-state index in [2.05, 4.69) is 48.2 Å². The smallest absolute Gasteiger partial charge is 0.193 e. The normalized spacial score (nSPS) is 18.8. The van der Waals surface area contributed by atoms with Crippen LogP contribution in [0.4, 0.5) is 0 Å². The predicted octanol–water partition coefficient (Wildman–Crippen LogP) is 0.797. The van der Waals surface area contributed by atoms with Crippen LogP contribution >= 0.6 is 0 Å². The van der Waals surface area contributed by atoms with Gasteiger partial charge in [-0.25, -0.2) is 0 Å². The summed E-state index contributed by atoms with van der Waals surface area (Å²) in [7, 11) is 0. The monoisotopic (exact) mass is 270 g/mol. The molecule has 0 aromatic heterocycles. The molecule has 0 aromatic rings. The van der Waals surface area contributed by atoms with E-state index in [-0.39, 0.29) is 11.6 Å². The van der Waals surface area contributed by atoms with Crippen LogP contribution < -0.4 is 10.6 Å². The molecule has 0 aromatic carbocycles. The fourth-order valence-corrected chi connectivity index (χ4v) is 2.10. The highest BCUT2D eigenvalue weighted by atomic mass is 16.3. The molecule has 3 N–H and O–H groups in total. The molecule has 1 heterocycles. The van der Waals surface area contributed by atoms with Gasteiger partial charge in [-0.05, 0) is 40.5 Å². The van der Waals surface area contributed by atoms with Gasteiger partial charge in [0.25, 0.3) is 0 Å². The van der Waals surface area contributed by atoms with Crippen molar-refractivity contribution >= 4 is 5.96 Å². The average molecular weight is 270 g/mol. The van der Waals surface area contributed by atoms with Gasteiger partial charge >= 0.3 is 0 Å². The average Bonchev–Trinajstić information content (AvgIpc) is 2.33. The number of likely N-dealkylation sites (tertiary alicyclic amines) is 1. The second kappa shape index (κ2) is 7.70. The number of guanidine groups is 1. The third-order valence-corrected chi connectivity index (χ3v) is 3.13. The Morgan fingerprint density at radius 1 is 1.32 bits per heavy atom. The van der Waals surface area contributed by atoms with Gasteiger partial charge in [0, 0.05) is 31.7 Å². The maximum absolute atomic E-state index is 9.55. The first-order valence-electron chi connectivity index (χ1n) is 7.38. The van der Waals surface area contributed by atoms with E-state index in [0.717, 1.165) is 51.5 Å². The Bertz CT molecular complexity index is 278. The third kappa shape index (κ3) is 6.78. The van der Waals surface area contributed by atoms with E-state index in [1.165, 1.54) is 0 Å². The van der Waals surface area contributed by atoms with Crippen LogP contribution in [0, 0.1) is 0 Å². The standard InChI is InChI=1S/C14H30N4O/c1-5-15-13(16-8-9-17-14(2,3)4)18-10-6-12(19)7-11-18/h12,17,19H,5-11H2,1-4H3,(H,15,16). The zero-order valence-corrected chi connectivity index (χ0v) is 12.9. The largest absolute Gasteiger partial charge is 0.393 e. The molecule has 0 bridgehead atoms. The van der Waals surface area contributed by atoms with Gasteiger partial charge in [0.1, 0.15) is 0 Å². The molecule has 1 saturated heterocycles. The zero-order chi connectivity index (χ0) is 14.3. The molecule has 19 heavy (non-hydrogen) atoms. The summed E-state index contributed by atoms with van der Waals surface area (Å²) in [6, 6.07) is 0. The quantitative estimate of drug-likeness (QED) is 0.402. The first-order chi connectivity index (χ1) is 8.92. The van der Waals surface area contributed by atoms with Gasteiger partial charge in [-0.1, -0.05) is 0 Å².